The molecule has 0 aliphatic carbocycles. The van der Waals surface area contributed by atoms with Gasteiger partial charge in [0, 0.05) is 110 Å². The lowest BCUT2D eigenvalue weighted by Crippen LogP contribution is -2.01. The van der Waals surface area contributed by atoms with Gasteiger partial charge >= 0.3 is 0 Å². The molecular weight excluding hydrogens is 1560 g/mol. The van der Waals surface area contributed by atoms with Crippen molar-refractivity contribution in [2.45, 2.75) is 0 Å². The van der Waals surface area contributed by atoms with Crippen LogP contribution in [0.5, 0.6) is 0 Å². The monoisotopic (exact) mass is 1630 g/mol. The molecule has 0 aliphatic heterocycles. The number of rotatable bonds is 12. The van der Waals surface area contributed by atoms with Crippen molar-refractivity contribution >= 4 is 131 Å². The maximum absolute atomic E-state index is 6.58. The number of para-hydroxylation sites is 6. The summed E-state index contributed by atoms with van der Waals surface area (Å²) in [6.45, 7) is 0. The Hall–Kier alpha value is -17.4. The van der Waals surface area contributed by atoms with E-state index in [0.29, 0.717) is 23.3 Å². The molecule has 8 heterocycles. The highest BCUT2D eigenvalue weighted by atomic mass is 16.3. The van der Waals surface area contributed by atoms with E-state index in [4.69, 9.17) is 43.7 Å². The number of benzene rings is 18. The van der Waals surface area contributed by atoms with Gasteiger partial charge in [-0.05, 0) is 135 Å². The predicted octanol–water partition coefficient (Wildman–Crippen LogP) is 30.4. The van der Waals surface area contributed by atoms with Gasteiger partial charge < -0.3 is 18.0 Å². The SMILES string of the molecule is c1ccc(-c2nc(-c3ccc(-c4ccc(-c5nc6cc7ccccc7cc6c6c5oc5ccccc56)cc4)cc3)cc(-c3cccc(-n4c5ccccc5c5ccccc54)c3)n2)cc1.c1ccc(-c2nc(-c3ccc(-c4ccc(-c5nc6cc7ccccc7cc6c6c5oc5ccccc56)cc4)cc3)nc(-c3cccc(-n4c5ccccc5c5ccccc54)c3)n2)cc1. The Morgan fingerprint density at radius 3 is 0.898 bits per heavy atom. The van der Waals surface area contributed by atoms with Crippen molar-refractivity contribution in [3.05, 3.63) is 431 Å². The van der Waals surface area contributed by atoms with Crippen molar-refractivity contribution in [3.63, 3.8) is 0 Å². The van der Waals surface area contributed by atoms with Crippen LogP contribution in [0.4, 0.5) is 0 Å². The lowest BCUT2D eigenvalue weighted by atomic mass is 9.98. The fraction of sp³-hybridized carbons (Fsp3) is 0. The van der Waals surface area contributed by atoms with Gasteiger partial charge in [0.05, 0.1) is 44.5 Å². The van der Waals surface area contributed by atoms with E-state index in [9.17, 15) is 0 Å². The average Bonchev–Trinajstić information content (AvgIpc) is 1.54. The Morgan fingerprint density at radius 2 is 0.477 bits per heavy atom. The molecule has 8 aromatic heterocycles. The van der Waals surface area contributed by atoms with Crippen molar-refractivity contribution in [1.82, 2.24) is 44.0 Å². The molecule has 18 aromatic carbocycles. The van der Waals surface area contributed by atoms with Gasteiger partial charge in [-0.3, -0.25) is 0 Å². The number of hydrogen-bond donors (Lipinski definition) is 0. The van der Waals surface area contributed by atoms with Gasteiger partial charge in [0.15, 0.2) is 34.5 Å². The molecule has 596 valence electrons. The number of pyridine rings is 2. The van der Waals surface area contributed by atoms with Crippen molar-refractivity contribution in [2.75, 3.05) is 0 Å². The van der Waals surface area contributed by atoms with Gasteiger partial charge in [-0.15, -0.1) is 0 Å². The van der Waals surface area contributed by atoms with Gasteiger partial charge in [0.25, 0.3) is 0 Å². The third-order valence-electron chi connectivity index (χ3n) is 25.0. The minimum absolute atomic E-state index is 0.609. The molecule has 128 heavy (non-hydrogen) atoms. The fourth-order valence-electron chi connectivity index (χ4n) is 18.8. The van der Waals surface area contributed by atoms with Crippen LogP contribution in [0.1, 0.15) is 0 Å². The molecule has 0 saturated heterocycles. The van der Waals surface area contributed by atoms with Crippen LogP contribution in [-0.2, 0) is 0 Å². The lowest BCUT2D eigenvalue weighted by molar-refractivity contribution is 0.668. The van der Waals surface area contributed by atoms with Crippen LogP contribution in [0.2, 0.25) is 0 Å². The lowest BCUT2D eigenvalue weighted by Gasteiger charge is -2.12. The van der Waals surface area contributed by atoms with Gasteiger partial charge in [-0.25, -0.2) is 34.9 Å². The molecule has 11 nitrogen and oxygen atoms in total. The summed E-state index contributed by atoms with van der Waals surface area (Å²) >= 11 is 0. The van der Waals surface area contributed by atoms with E-state index in [0.717, 1.165) is 183 Å². The molecule has 0 spiro atoms. The summed E-state index contributed by atoms with van der Waals surface area (Å²) in [4.78, 5) is 36.1. The van der Waals surface area contributed by atoms with Crippen molar-refractivity contribution in [3.8, 4) is 124 Å². The Bertz CT molecular complexity index is 8300. The summed E-state index contributed by atoms with van der Waals surface area (Å²) in [5.41, 5.74) is 27.5. The third kappa shape index (κ3) is 12.7. The molecule has 0 amide bonds. The second-order valence-corrected chi connectivity index (χ2v) is 32.6. The molecule has 11 heteroatoms. The molecule has 0 unspecified atom stereocenters. The highest BCUT2D eigenvalue weighted by Crippen LogP contribution is 2.45. The van der Waals surface area contributed by atoms with E-state index >= 15 is 0 Å². The Balaban J connectivity index is 0.000000139. The topological polar surface area (TPSA) is 126 Å². The molecule has 26 rings (SSSR count). The second kappa shape index (κ2) is 30.3. The van der Waals surface area contributed by atoms with Crippen LogP contribution in [0.15, 0.2) is 440 Å². The minimum Gasteiger partial charge on any atom is -0.454 e. The minimum atomic E-state index is 0.609. The first-order valence-electron chi connectivity index (χ1n) is 43.0. The zero-order valence-electron chi connectivity index (χ0n) is 68.8. The van der Waals surface area contributed by atoms with Crippen molar-refractivity contribution in [2.24, 2.45) is 0 Å². The standard InChI is InChI=1S/C59H36N4O.C58H35N5O/c1-2-13-41(14-3-1)59-61-50(36-51(62-59)44-17-12-18-45(33-44)63-53-22-9-6-19-46(53)47-20-7-10-23-54(47)63)39-29-25-37(26-30-39)38-27-31-40(32-28-38)57-58-56(48-21-8-11-24-55(48)64-58)49-34-42-15-4-5-16-43(42)35-52(49)60-57;1-2-13-39(14-3-1)56-60-57(62-58(61-56)43-17-12-18-44(33-43)63-50-22-9-6-19-45(50)46-20-7-10-23-51(46)63)40-31-27-37(28-32-40)36-25-29-38(30-26-36)54-55-53(47-21-8-11-24-52(47)64-55)48-34-41-15-4-5-16-42(41)35-49(48)59-54/h1-36H;1-35H. The van der Waals surface area contributed by atoms with Gasteiger partial charge in [-0.2, -0.15) is 0 Å². The summed E-state index contributed by atoms with van der Waals surface area (Å²) in [6, 6.07) is 151. The van der Waals surface area contributed by atoms with Gasteiger partial charge in [0.1, 0.15) is 22.6 Å². The molecule has 0 N–H and O–H groups in total. The van der Waals surface area contributed by atoms with Crippen LogP contribution in [0, 0.1) is 0 Å². The van der Waals surface area contributed by atoms with Crippen LogP contribution in [0.25, 0.3) is 255 Å². The Labute approximate surface area is 733 Å². The zero-order valence-corrected chi connectivity index (χ0v) is 68.8. The molecule has 0 bridgehead atoms. The normalized spacial score (nSPS) is 11.8. The molecule has 0 fully saturated rings. The number of hydrogen-bond acceptors (Lipinski definition) is 9. The largest absolute Gasteiger partial charge is 0.454 e. The summed E-state index contributed by atoms with van der Waals surface area (Å²) in [6.07, 6.45) is 0. The van der Waals surface area contributed by atoms with E-state index in [-0.39, 0.29) is 0 Å². The summed E-state index contributed by atoms with van der Waals surface area (Å²) in [5, 5.41) is 16.2. The molecule has 26 aromatic rings. The predicted molar refractivity (Wildman–Crippen MR) is 525 cm³/mol. The molecule has 0 atom stereocenters. The van der Waals surface area contributed by atoms with E-state index < -0.39 is 0 Å². The van der Waals surface area contributed by atoms with Crippen LogP contribution in [0.3, 0.4) is 0 Å². The first-order valence-corrected chi connectivity index (χ1v) is 43.0. The Morgan fingerprint density at radius 1 is 0.180 bits per heavy atom. The zero-order chi connectivity index (χ0) is 84.3. The smallest absolute Gasteiger partial charge is 0.164 e. The quantitative estimate of drug-likeness (QED) is 0.110. The number of aromatic nitrogens is 9. The van der Waals surface area contributed by atoms with Crippen LogP contribution < -0.4 is 0 Å². The second-order valence-electron chi connectivity index (χ2n) is 32.6. The summed E-state index contributed by atoms with van der Waals surface area (Å²) in [7, 11) is 0. The first-order chi connectivity index (χ1) is 63.4. The molecule has 0 radical (unpaired) electrons. The van der Waals surface area contributed by atoms with E-state index in [1.165, 1.54) is 48.7 Å². The van der Waals surface area contributed by atoms with Gasteiger partial charge in [-0.1, -0.05) is 340 Å². The average molecular weight is 1630 g/mol. The molecular formula is C117H71N9O2. The number of furan rings is 2. The van der Waals surface area contributed by atoms with Crippen molar-refractivity contribution in [1.29, 1.82) is 0 Å². The fourth-order valence-corrected chi connectivity index (χ4v) is 18.8. The third-order valence-corrected chi connectivity index (χ3v) is 25.0. The van der Waals surface area contributed by atoms with E-state index in [2.05, 4.69) is 367 Å². The molecule has 0 aliphatic rings. The first kappa shape index (κ1) is 73.3. The molecule has 0 saturated carbocycles. The van der Waals surface area contributed by atoms with Crippen molar-refractivity contribution < 1.29 is 8.83 Å². The maximum atomic E-state index is 6.58. The summed E-state index contributed by atoms with van der Waals surface area (Å²) < 4.78 is 17.8. The summed E-state index contributed by atoms with van der Waals surface area (Å²) in [5.74, 6) is 2.53. The number of fused-ring (bicyclic) bond motifs is 18. The van der Waals surface area contributed by atoms with Crippen LogP contribution >= 0.6 is 0 Å². The van der Waals surface area contributed by atoms with Crippen LogP contribution in [-0.4, -0.2) is 44.0 Å². The highest BCUT2D eigenvalue weighted by molar-refractivity contribution is 6.24. The van der Waals surface area contributed by atoms with Gasteiger partial charge in [0.2, 0.25) is 0 Å². The maximum Gasteiger partial charge on any atom is 0.164 e. The van der Waals surface area contributed by atoms with E-state index in [1.54, 1.807) is 0 Å². The Kier molecular flexibility index (Phi) is 17.3. The van der Waals surface area contributed by atoms with E-state index in [1.807, 2.05) is 72.8 Å². The number of nitrogens with zero attached hydrogens (tertiary/aromatic N) is 9. The highest BCUT2D eigenvalue weighted by Gasteiger charge is 2.24.